The minimum absolute atomic E-state index is 0.0284. The summed E-state index contributed by atoms with van der Waals surface area (Å²) in [7, 11) is -3.52. The number of ether oxygens (including phenoxy) is 1. The van der Waals surface area contributed by atoms with Crippen molar-refractivity contribution >= 4 is 38.5 Å². The van der Waals surface area contributed by atoms with Gasteiger partial charge in [0.2, 0.25) is 15.3 Å². The number of carbonyl (C=O) groups excluding carboxylic acids is 1. The summed E-state index contributed by atoms with van der Waals surface area (Å²) in [6.45, 7) is 0.858. The molecule has 0 N–H and O–H groups in total. The van der Waals surface area contributed by atoms with Crippen LogP contribution in [-0.2, 0) is 26.2 Å². The molecular weight excluding hydrogens is 349 g/mol. The number of hydrogen-bond acceptors (Lipinski definition) is 4. The van der Waals surface area contributed by atoms with Gasteiger partial charge < -0.3 is 4.74 Å². The lowest BCUT2D eigenvalue weighted by Crippen LogP contribution is -2.35. The van der Waals surface area contributed by atoms with Crippen molar-refractivity contribution in [3.8, 4) is 0 Å². The molecule has 0 aromatic heterocycles. The predicted octanol–water partition coefficient (Wildman–Crippen LogP) is 2.80. The van der Waals surface area contributed by atoms with E-state index in [0.29, 0.717) is 23.7 Å². The van der Waals surface area contributed by atoms with Crippen LogP contribution in [0, 0.1) is 0 Å². The van der Waals surface area contributed by atoms with Gasteiger partial charge in [-0.25, -0.2) is 8.42 Å². The molecular formula is C14H17Cl2NO4S. The Balaban J connectivity index is 2.18. The third-order valence-corrected chi connectivity index (χ3v) is 5.82. The van der Waals surface area contributed by atoms with Crippen molar-refractivity contribution in [3.63, 3.8) is 0 Å². The lowest BCUT2D eigenvalue weighted by molar-refractivity contribution is -0.116. The van der Waals surface area contributed by atoms with E-state index in [2.05, 4.69) is 0 Å². The summed E-state index contributed by atoms with van der Waals surface area (Å²) in [4.78, 5) is 10.8. The normalized spacial score (nSPS) is 16.6. The molecule has 0 unspecified atom stereocenters. The first kappa shape index (κ1) is 17.7. The standard InChI is InChI=1S/C14H17Cl2NO4S/c15-13-5-4-12(8-11(13)9-21-10-14(16)18)22(19,20)17-6-2-1-3-7-17/h4-5,8H,1-3,6-7,9-10H2. The third kappa shape index (κ3) is 4.43. The van der Waals surface area contributed by atoms with Crippen LogP contribution in [0.5, 0.6) is 0 Å². The first-order valence-electron chi connectivity index (χ1n) is 6.96. The Morgan fingerprint density at radius 2 is 1.91 bits per heavy atom. The Bertz CT molecular complexity index is 642. The highest BCUT2D eigenvalue weighted by Crippen LogP contribution is 2.25. The average Bonchev–Trinajstić information content (AvgIpc) is 2.49. The summed E-state index contributed by atoms with van der Waals surface area (Å²) in [5, 5.41) is -0.229. The molecule has 0 radical (unpaired) electrons. The largest absolute Gasteiger partial charge is 0.368 e. The Morgan fingerprint density at radius 3 is 2.55 bits per heavy atom. The third-order valence-electron chi connectivity index (χ3n) is 3.44. The van der Waals surface area contributed by atoms with E-state index in [1.54, 1.807) is 0 Å². The average molecular weight is 366 g/mol. The fraction of sp³-hybridized carbons (Fsp3) is 0.500. The molecule has 0 spiro atoms. The van der Waals surface area contributed by atoms with Gasteiger partial charge in [0.05, 0.1) is 11.5 Å². The molecule has 1 aromatic carbocycles. The fourth-order valence-electron chi connectivity index (χ4n) is 2.32. The molecule has 122 valence electrons. The molecule has 1 aliphatic rings. The SMILES string of the molecule is O=C(Cl)COCc1cc(S(=O)(=O)N2CCCCC2)ccc1Cl. The zero-order valence-electron chi connectivity index (χ0n) is 11.9. The molecule has 0 bridgehead atoms. The fourth-order valence-corrected chi connectivity index (χ4v) is 4.14. The van der Waals surface area contributed by atoms with Crippen molar-refractivity contribution in [1.29, 1.82) is 0 Å². The highest BCUT2D eigenvalue weighted by Gasteiger charge is 2.26. The summed E-state index contributed by atoms with van der Waals surface area (Å²) in [5.74, 6) is 0. The number of hydrogen-bond donors (Lipinski definition) is 0. The number of sulfonamides is 1. The maximum Gasteiger partial charge on any atom is 0.247 e. The van der Waals surface area contributed by atoms with Crippen LogP contribution in [-0.4, -0.2) is 37.7 Å². The van der Waals surface area contributed by atoms with E-state index in [-0.39, 0.29) is 18.1 Å². The maximum absolute atomic E-state index is 12.6. The minimum atomic E-state index is -3.52. The van der Waals surface area contributed by atoms with Crippen LogP contribution in [0.1, 0.15) is 24.8 Å². The molecule has 0 amide bonds. The summed E-state index contributed by atoms with van der Waals surface area (Å²) in [6.07, 6.45) is 2.80. The van der Waals surface area contributed by atoms with Crippen molar-refractivity contribution in [3.05, 3.63) is 28.8 Å². The monoisotopic (exact) mass is 365 g/mol. The van der Waals surface area contributed by atoms with Crippen molar-refractivity contribution in [2.75, 3.05) is 19.7 Å². The van der Waals surface area contributed by atoms with Crippen molar-refractivity contribution in [1.82, 2.24) is 4.31 Å². The van der Waals surface area contributed by atoms with Gasteiger partial charge in [0, 0.05) is 18.1 Å². The first-order chi connectivity index (χ1) is 10.4. The molecule has 0 atom stereocenters. The topological polar surface area (TPSA) is 63.7 Å². The van der Waals surface area contributed by atoms with Crippen molar-refractivity contribution in [2.24, 2.45) is 0 Å². The quantitative estimate of drug-likeness (QED) is 0.727. The number of benzene rings is 1. The second-order valence-corrected chi connectivity index (χ2v) is 7.83. The summed E-state index contributed by atoms with van der Waals surface area (Å²) < 4.78 is 31.8. The molecule has 1 heterocycles. The van der Waals surface area contributed by atoms with Crippen LogP contribution in [0.3, 0.4) is 0 Å². The smallest absolute Gasteiger partial charge is 0.247 e. The van der Waals surface area contributed by atoms with Gasteiger partial charge in [0.1, 0.15) is 6.61 Å². The maximum atomic E-state index is 12.6. The molecule has 1 fully saturated rings. The number of nitrogens with zero attached hydrogens (tertiary/aromatic N) is 1. The summed E-state index contributed by atoms with van der Waals surface area (Å²) in [6, 6.07) is 4.51. The molecule has 8 heteroatoms. The predicted molar refractivity (Wildman–Crippen MR) is 84.6 cm³/mol. The van der Waals surface area contributed by atoms with E-state index in [4.69, 9.17) is 27.9 Å². The minimum Gasteiger partial charge on any atom is -0.368 e. The van der Waals surface area contributed by atoms with E-state index in [9.17, 15) is 13.2 Å². The Morgan fingerprint density at radius 1 is 1.23 bits per heavy atom. The second kappa shape index (κ2) is 7.75. The first-order valence-corrected chi connectivity index (χ1v) is 9.15. The molecule has 2 rings (SSSR count). The lowest BCUT2D eigenvalue weighted by Gasteiger charge is -2.26. The van der Waals surface area contributed by atoms with E-state index < -0.39 is 15.3 Å². The number of piperidine rings is 1. The van der Waals surface area contributed by atoms with Gasteiger partial charge >= 0.3 is 0 Å². The van der Waals surface area contributed by atoms with Crippen molar-refractivity contribution < 1.29 is 17.9 Å². The summed E-state index contributed by atoms with van der Waals surface area (Å²) >= 11 is 11.2. The molecule has 0 saturated carbocycles. The van der Waals surface area contributed by atoms with E-state index >= 15 is 0 Å². The van der Waals surface area contributed by atoms with Gasteiger partial charge in [-0.3, -0.25) is 4.79 Å². The Labute approximate surface area is 140 Å². The second-order valence-electron chi connectivity index (χ2n) is 5.07. The van der Waals surface area contributed by atoms with Crippen LogP contribution < -0.4 is 0 Å². The highest BCUT2D eigenvalue weighted by atomic mass is 35.5. The molecule has 22 heavy (non-hydrogen) atoms. The van der Waals surface area contributed by atoms with Gasteiger partial charge in [-0.1, -0.05) is 18.0 Å². The highest BCUT2D eigenvalue weighted by molar-refractivity contribution is 7.89. The van der Waals surface area contributed by atoms with E-state index in [1.807, 2.05) is 0 Å². The van der Waals surface area contributed by atoms with Gasteiger partial charge in [0.25, 0.3) is 0 Å². The zero-order chi connectivity index (χ0) is 16.2. The number of rotatable bonds is 6. The van der Waals surface area contributed by atoms with Crippen LogP contribution in [0.15, 0.2) is 23.1 Å². The van der Waals surface area contributed by atoms with Gasteiger partial charge in [-0.05, 0) is 48.2 Å². The van der Waals surface area contributed by atoms with E-state index in [0.717, 1.165) is 19.3 Å². The van der Waals surface area contributed by atoms with Crippen molar-refractivity contribution in [2.45, 2.75) is 30.8 Å². The van der Waals surface area contributed by atoms with Crippen LogP contribution >= 0.6 is 23.2 Å². The lowest BCUT2D eigenvalue weighted by atomic mass is 10.2. The number of carbonyl (C=O) groups is 1. The zero-order valence-corrected chi connectivity index (χ0v) is 14.3. The van der Waals surface area contributed by atoms with Gasteiger partial charge in [-0.2, -0.15) is 4.31 Å². The number of halogens is 2. The molecule has 0 aliphatic carbocycles. The Kier molecular flexibility index (Phi) is 6.23. The Hall–Kier alpha value is -0.660. The molecule has 1 aliphatic heterocycles. The van der Waals surface area contributed by atoms with Gasteiger partial charge in [-0.15, -0.1) is 0 Å². The van der Waals surface area contributed by atoms with Crippen LogP contribution in [0.2, 0.25) is 5.02 Å². The molecule has 1 saturated heterocycles. The summed E-state index contributed by atoms with van der Waals surface area (Å²) in [5.41, 5.74) is 0.512. The molecule has 1 aromatic rings. The van der Waals surface area contributed by atoms with E-state index in [1.165, 1.54) is 22.5 Å². The molecule has 5 nitrogen and oxygen atoms in total. The van der Waals surface area contributed by atoms with Crippen LogP contribution in [0.25, 0.3) is 0 Å². The van der Waals surface area contributed by atoms with Crippen LogP contribution in [0.4, 0.5) is 0 Å². The van der Waals surface area contributed by atoms with Gasteiger partial charge in [0.15, 0.2) is 0 Å².